The van der Waals surface area contributed by atoms with Gasteiger partial charge in [0.05, 0.1) is 29.5 Å². The van der Waals surface area contributed by atoms with Crippen molar-refractivity contribution in [2.24, 2.45) is 0 Å². The van der Waals surface area contributed by atoms with E-state index in [1.807, 2.05) is 11.6 Å². The van der Waals surface area contributed by atoms with Crippen LogP contribution in [0.15, 0.2) is 24.3 Å². The second kappa shape index (κ2) is 7.20. The summed E-state index contributed by atoms with van der Waals surface area (Å²) in [6, 6.07) is 4.92. The largest absolute Gasteiger partial charge is 0.416 e. The molecule has 4 rings (SSSR count). The molecule has 150 valence electrons. The van der Waals surface area contributed by atoms with Gasteiger partial charge in [-0.25, -0.2) is 4.68 Å². The summed E-state index contributed by atoms with van der Waals surface area (Å²) in [5.74, 6) is -0.0362. The highest BCUT2D eigenvalue weighted by atomic mass is 19.4. The molecular weight excluding hydrogens is 371 g/mol. The lowest BCUT2D eigenvalue weighted by molar-refractivity contribution is -0.137. The van der Waals surface area contributed by atoms with Crippen LogP contribution < -0.4 is 10.6 Å². The number of amides is 1. The second-order valence-corrected chi connectivity index (χ2v) is 7.46. The van der Waals surface area contributed by atoms with Crippen LogP contribution in [0.4, 0.5) is 13.2 Å². The van der Waals surface area contributed by atoms with Gasteiger partial charge in [-0.05, 0) is 43.9 Å². The molecule has 3 heterocycles. The van der Waals surface area contributed by atoms with Gasteiger partial charge in [0, 0.05) is 6.42 Å². The number of fused-ring (bicyclic) bond motifs is 1. The van der Waals surface area contributed by atoms with Gasteiger partial charge in [-0.1, -0.05) is 23.8 Å². The van der Waals surface area contributed by atoms with Crippen LogP contribution in [-0.2, 0) is 17.4 Å². The van der Waals surface area contributed by atoms with Crippen molar-refractivity contribution in [2.45, 2.75) is 63.5 Å². The van der Waals surface area contributed by atoms with Gasteiger partial charge in [0.25, 0.3) is 0 Å². The van der Waals surface area contributed by atoms with Gasteiger partial charge in [0.15, 0.2) is 0 Å². The van der Waals surface area contributed by atoms with Crippen LogP contribution in [0.5, 0.6) is 0 Å². The highest BCUT2D eigenvalue weighted by Crippen LogP contribution is 2.35. The minimum absolute atomic E-state index is 0.0362. The van der Waals surface area contributed by atoms with E-state index in [4.69, 9.17) is 0 Å². The number of nitrogens with zero attached hydrogens (tertiary/aromatic N) is 3. The third-order valence-electron chi connectivity index (χ3n) is 5.43. The Bertz CT molecular complexity index is 861. The van der Waals surface area contributed by atoms with E-state index in [9.17, 15) is 18.0 Å². The third-order valence-corrected chi connectivity index (χ3v) is 5.43. The number of hydrogen-bond acceptors (Lipinski definition) is 4. The summed E-state index contributed by atoms with van der Waals surface area (Å²) < 4.78 is 40.5. The topological polar surface area (TPSA) is 71.8 Å². The van der Waals surface area contributed by atoms with Crippen LogP contribution in [0.25, 0.3) is 0 Å². The second-order valence-electron chi connectivity index (χ2n) is 7.46. The van der Waals surface area contributed by atoms with Crippen molar-refractivity contribution in [3.8, 4) is 0 Å². The molecule has 1 aromatic heterocycles. The van der Waals surface area contributed by atoms with Crippen LogP contribution in [0, 0.1) is 0 Å². The molecule has 1 saturated heterocycles. The van der Waals surface area contributed by atoms with Crippen LogP contribution in [0.2, 0.25) is 0 Å². The molecule has 1 fully saturated rings. The monoisotopic (exact) mass is 393 g/mol. The SMILES string of the molecule is CC1NC(=O)CC(c2nnn3c2CCCCC3c2ccc(C(F)(F)F)cc2)N1. The number of rotatable bonds is 2. The van der Waals surface area contributed by atoms with E-state index in [-0.39, 0.29) is 24.2 Å². The van der Waals surface area contributed by atoms with E-state index in [1.165, 1.54) is 12.1 Å². The van der Waals surface area contributed by atoms with Crippen LogP contribution >= 0.6 is 0 Å². The van der Waals surface area contributed by atoms with Crippen molar-refractivity contribution in [3.05, 3.63) is 46.8 Å². The van der Waals surface area contributed by atoms with Crippen molar-refractivity contribution in [3.63, 3.8) is 0 Å². The maximum atomic E-state index is 12.9. The summed E-state index contributed by atoms with van der Waals surface area (Å²) in [7, 11) is 0. The molecule has 0 radical (unpaired) electrons. The molecule has 2 N–H and O–H groups in total. The average Bonchev–Trinajstić information content (AvgIpc) is 2.93. The number of carbonyl (C=O) groups is 1. The molecule has 1 aromatic carbocycles. The summed E-state index contributed by atoms with van der Waals surface area (Å²) in [6.45, 7) is 1.87. The van der Waals surface area contributed by atoms with E-state index < -0.39 is 11.7 Å². The van der Waals surface area contributed by atoms with Gasteiger partial charge in [-0.3, -0.25) is 10.1 Å². The highest BCUT2D eigenvalue weighted by Gasteiger charge is 2.33. The first kappa shape index (κ1) is 18.9. The molecule has 0 aliphatic carbocycles. The smallest absolute Gasteiger partial charge is 0.341 e. The zero-order valence-electron chi connectivity index (χ0n) is 15.5. The van der Waals surface area contributed by atoms with Crippen molar-refractivity contribution < 1.29 is 18.0 Å². The molecular formula is C19H22F3N5O. The van der Waals surface area contributed by atoms with Gasteiger partial charge in [-0.2, -0.15) is 13.2 Å². The fourth-order valence-corrected chi connectivity index (χ4v) is 4.11. The molecule has 3 unspecified atom stereocenters. The summed E-state index contributed by atoms with van der Waals surface area (Å²) in [5.41, 5.74) is 1.86. The summed E-state index contributed by atoms with van der Waals surface area (Å²) in [5, 5.41) is 14.8. The van der Waals surface area contributed by atoms with Crippen molar-refractivity contribution >= 4 is 5.91 Å². The number of nitrogens with one attached hydrogen (secondary N) is 2. The summed E-state index contributed by atoms with van der Waals surface area (Å²) >= 11 is 0. The highest BCUT2D eigenvalue weighted by molar-refractivity contribution is 5.77. The number of benzene rings is 1. The van der Waals surface area contributed by atoms with Crippen molar-refractivity contribution in [2.75, 3.05) is 0 Å². The molecule has 0 spiro atoms. The van der Waals surface area contributed by atoms with Crippen molar-refractivity contribution in [1.82, 2.24) is 25.6 Å². The molecule has 0 bridgehead atoms. The third kappa shape index (κ3) is 3.63. The number of halogens is 3. The van der Waals surface area contributed by atoms with Gasteiger partial charge < -0.3 is 5.32 Å². The predicted octanol–water partition coefficient (Wildman–Crippen LogP) is 3.11. The standard InChI is InChI=1S/C19H22F3N5O/c1-11-23-14(10-17(28)24-11)18-16-5-3-2-4-15(27(16)26-25-18)12-6-8-13(9-7-12)19(20,21)22/h6-9,11,14-15,23H,2-5,10H2,1H3,(H,24,28). The summed E-state index contributed by atoms with van der Waals surface area (Å²) in [6.07, 6.45) is -0.738. The molecule has 2 aliphatic rings. The normalized spacial score (nSPS) is 25.7. The van der Waals surface area contributed by atoms with Gasteiger partial charge in [-0.15, -0.1) is 5.10 Å². The number of alkyl halides is 3. The lowest BCUT2D eigenvalue weighted by atomic mass is 10.0. The molecule has 2 aliphatic heterocycles. The molecule has 0 saturated carbocycles. The lowest BCUT2D eigenvalue weighted by Gasteiger charge is -2.28. The Labute approximate surface area is 160 Å². The molecule has 28 heavy (non-hydrogen) atoms. The van der Waals surface area contributed by atoms with Gasteiger partial charge >= 0.3 is 6.18 Å². The molecule has 6 nitrogen and oxygen atoms in total. The Kier molecular flexibility index (Phi) is 4.86. The Hall–Kier alpha value is -2.42. The maximum absolute atomic E-state index is 12.9. The Morgan fingerprint density at radius 2 is 1.93 bits per heavy atom. The fourth-order valence-electron chi connectivity index (χ4n) is 4.11. The van der Waals surface area contributed by atoms with Crippen LogP contribution in [0.1, 0.15) is 67.2 Å². The molecule has 1 amide bonds. The Balaban J connectivity index is 1.66. The van der Waals surface area contributed by atoms with Crippen molar-refractivity contribution in [1.29, 1.82) is 0 Å². The van der Waals surface area contributed by atoms with Gasteiger partial charge in [0.1, 0.15) is 5.69 Å². The minimum atomic E-state index is -4.35. The minimum Gasteiger partial charge on any atom is -0.341 e. The Morgan fingerprint density at radius 3 is 2.61 bits per heavy atom. The van der Waals surface area contributed by atoms with E-state index in [2.05, 4.69) is 20.9 Å². The fraction of sp³-hybridized carbons (Fsp3) is 0.526. The van der Waals surface area contributed by atoms with E-state index in [1.54, 1.807) is 0 Å². The first-order valence-electron chi connectivity index (χ1n) is 9.49. The zero-order chi connectivity index (χ0) is 19.9. The predicted molar refractivity (Wildman–Crippen MR) is 95.3 cm³/mol. The Morgan fingerprint density at radius 1 is 1.18 bits per heavy atom. The summed E-state index contributed by atoms with van der Waals surface area (Å²) in [4.78, 5) is 11.9. The van der Waals surface area contributed by atoms with E-state index in [0.717, 1.165) is 54.8 Å². The van der Waals surface area contributed by atoms with Gasteiger partial charge in [0.2, 0.25) is 5.91 Å². The first-order chi connectivity index (χ1) is 13.3. The molecule has 9 heteroatoms. The zero-order valence-corrected chi connectivity index (χ0v) is 15.5. The lowest BCUT2D eigenvalue weighted by Crippen LogP contribution is -2.51. The van der Waals surface area contributed by atoms with E-state index >= 15 is 0 Å². The number of carbonyl (C=O) groups excluding carboxylic acids is 1. The maximum Gasteiger partial charge on any atom is 0.416 e. The van der Waals surface area contributed by atoms with Crippen LogP contribution in [0.3, 0.4) is 0 Å². The quantitative estimate of drug-likeness (QED) is 0.823. The molecule has 2 aromatic rings. The first-order valence-corrected chi connectivity index (χ1v) is 9.49. The number of hydrogen-bond donors (Lipinski definition) is 2. The number of aromatic nitrogens is 3. The average molecular weight is 393 g/mol. The molecule has 3 atom stereocenters. The van der Waals surface area contributed by atoms with E-state index in [0.29, 0.717) is 6.42 Å². The van der Waals surface area contributed by atoms with Crippen LogP contribution in [-0.4, -0.2) is 27.1 Å².